The monoisotopic (exact) mass is 657 g/mol. The van der Waals surface area contributed by atoms with Gasteiger partial charge in [0.15, 0.2) is 5.82 Å². The van der Waals surface area contributed by atoms with Crippen molar-refractivity contribution >= 4 is 39.2 Å². The van der Waals surface area contributed by atoms with Gasteiger partial charge in [-0.15, -0.1) is 0 Å². The van der Waals surface area contributed by atoms with Crippen molar-refractivity contribution in [3.8, 4) is 5.75 Å². The van der Waals surface area contributed by atoms with Crippen molar-refractivity contribution < 1.29 is 36.2 Å². The molecule has 4 rings (SSSR count). The third-order valence-electron chi connectivity index (χ3n) is 8.43. The molecule has 3 heterocycles. The van der Waals surface area contributed by atoms with Gasteiger partial charge in [0.05, 0.1) is 12.5 Å². The van der Waals surface area contributed by atoms with Crippen LogP contribution in [0, 0.1) is 0 Å². The largest absolute Gasteiger partial charge is 0.485 e. The quantitative estimate of drug-likeness (QED) is 0.243. The fourth-order valence-electron chi connectivity index (χ4n) is 6.22. The average Bonchev–Trinajstić information content (AvgIpc) is 3.36. The van der Waals surface area contributed by atoms with Crippen LogP contribution in [-0.2, 0) is 19.8 Å². The molecule has 0 atom stereocenters. The molecular formula is C32H45N6O7S+. The molecule has 0 bridgehead atoms. The number of hydrogen-bond donors (Lipinski definition) is 3. The van der Waals surface area contributed by atoms with E-state index in [0.29, 0.717) is 41.5 Å². The van der Waals surface area contributed by atoms with Crippen LogP contribution in [-0.4, -0.2) is 65.1 Å². The minimum atomic E-state index is -3.72. The Hall–Kier alpha value is -4.01. The maximum atomic E-state index is 12.9. The van der Waals surface area contributed by atoms with Crippen LogP contribution in [0.2, 0.25) is 0 Å². The molecule has 3 N–H and O–H groups in total. The number of ether oxygens (including phenoxy) is 1. The van der Waals surface area contributed by atoms with Crippen molar-refractivity contribution in [1.29, 1.82) is 0 Å². The van der Waals surface area contributed by atoms with Gasteiger partial charge in [0.1, 0.15) is 40.9 Å². The van der Waals surface area contributed by atoms with E-state index in [2.05, 4.69) is 26.1 Å². The molecule has 0 radical (unpaired) electrons. The molecule has 250 valence electrons. The van der Waals surface area contributed by atoms with Crippen LogP contribution in [0.4, 0.5) is 22.0 Å². The molecule has 14 heteroatoms. The number of pyridine rings is 1. The van der Waals surface area contributed by atoms with E-state index >= 15 is 0 Å². The van der Waals surface area contributed by atoms with Crippen LogP contribution in [0.3, 0.4) is 0 Å². The molecule has 13 nitrogen and oxygen atoms in total. The molecule has 1 fully saturated rings. The number of hydroxylamine groups is 3. The fraction of sp³-hybridized carbons (Fsp3) is 0.500. The highest BCUT2D eigenvalue weighted by atomic mass is 32.2. The van der Waals surface area contributed by atoms with Crippen molar-refractivity contribution in [3.63, 3.8) is 0 Å². The molecule has 3 amide bonds. The summed E-state index contributed by atoms with van der Waals surface area (Å²) in [6, 6.07) is 11.1. The Balaban J connectivity index is 1.35. The predicted molar refractivity (Wildman–Crippen MR) is 175 cm³/mol. The summed E-state index contributed by atoms with van der Waals surface area (Å²) in [5.74, 6) is 1.02. The molecule has 46 heavy (non-hydrogen) atoms. The molecular weight excluding hydrogens is 612 g/mol. The number of hydrogen-bond acceptors (Lipinski definition) is 9. The Morgan fingerprint density at radius 3 is 1.96 bits per heavy atom. The van der Waals surface area contributed by atoms with Gasteiger partial charge in [-0.25, -0.2) is 9.78 Å². The van der Waals surface area contributed by atoms with E-state index in [1.54, 1.807) is 49.5 Å². The first-order valence-corrected chi connectivity index (χ1v) is 16.7. The van der Waals surface area contributed by atoms with E-state index in [1.807, 2.05) is 55.4 Å². The predicted octanol–water partition coefficient (Wildman–Crippen LogP) is 6.09. The lowest BCUT2D eigenvalue weighted by molar-refractivity contribution is -1.14. The van der Waals surface area contributed by atoms with E-state index in [1.165, 1.54) is 6.20 Å². The molecule has 1 aliphatic heterocycles. The maximum absolute atomic E-state index is 12.9. The Morgan fingerprint density at radius 2 is 1.48 bits per heavy atom. The number of quaternary nitrogens is 1. The molecule has 0 aliphatic carbocycles. The van der Waals surface area contributed by atoms with E-state index in [-0.39, 0.29) is 15.8 Å². The second-order valence-corrected chi connectivity index (χ2v) is 16.1. The number of benzene rings is 1. The van der Waals surface area contributed by atoms with Gasteiger partial charge in [-0.05, 0) is 71.0 Å². The van der Waals surface area contributed by atoms with Gasteiger partial charge in [-0.1, -0.05) is 30.2 Å². The minimum absolute atomic E-state index is 0.124. The number of urea groups is 1. The third kappa shape index (κ3) is 7.85. The number of nitrogens with zero attached hydrogens (tertiary/aromatic N) is 3. The van der Waals surface area contributed by atoms with Crippen LogP contribution < -0.4 is 20.7 Å². The van der Waals surface area contributed by atoms with Gasteiger partial charge in [0.2, 0.25) is 0 Å². The topological polar surface area (TPSA) is 162 Å². The number of rotatable bonds is 8. The molecule has 1 aromatic carbocycles. The fourth-order valence-corrected chi connectivity index (χ4v) is 7.16. The Bertz CT molecular complexity index is 1670. The van der Waals surface area contributed by atoms with E-state index in [4.69, 9.17) is 13.5 Å². The van der Waals surface area contributed by atoms with Gasteiger partial charge in [0, 0.05) is 35.7 Å². The highest BCUT2D eigenvalue weighted by Crippen LogP contribution is 2.50. The summed E-state index contributed by atoms with van der Waals surface area (Å²) >= 11 is 0. The summed E-state index contributed by atoms with van der Waals surface area (Å²) in [6.45, 7) is 15.8. The summed E-state index contributed by atoms with van der Waals surface area (Å²) in [5, 5.41) is 12.0. The zero-order valence-corrected chi connectivity index (χ0v) is 29.0. The summed E-state index contributed by atoms with van der Waals surface area (Å²) < 4.78 is 41.5. The number of nitrogens with one attached hydrogen (secondary N) is 3. The SMILES string of the molecule is CC1(Oc2ccc(C(=O)Nc3ccc(NC(=O)Nc4cc(C(C)(C)C)on4)cc3)nc2)CC(C)(C)[N+](C)(OS(C)(=O)=O)C(C)(C)C1. The lowest BCUT2D eigenvalue weighted by atomic mass is 9.71. The Labute approximate surface area is 270 Å². The van der Waals surface area contributed by atoms with E-state index in [0.717, 1.165) is 6.26 Å². The molecule has 2 aromatic heterocycles. The molecule has 3 aromatic rings. The van der Waals surface area contributed by atoms with Crippen LogP contribution in [0.5, 0.6) is 5.75 Å². The number of piperidine rings is 1. The Morgan fingerprint density at radius 1 is 0.913 bits per heavy atom. The van der Waals surface area contributed by atoms with Gasteiger partial charge in [0.25, 0.3) is 5.91 Å². The van der Waals surface area contributed by atoms with Crippen LogP contribution >= 0.6 is 0 Å². The summed E-state index contributed by atoms with van der Waals surface area (Å²) in [6.07, 6.45) is 3.57. The third-order valence-corrected chi connectivity index (χ3v) is 9.00. The van der Waals surface area contributed by atoms with Crippen molar-refractivity contribution in [2.24, 2.45) is 0 Å². The number of carbonyl (C=O) groups is 2. The molecule has 1 aliphatic rings. The van der Waals surface area contributed by atoms with Crippen molar-refractivity contribution in [2.75, 3.05) is 29.3 Å². The van der Waals surface area contributed by atoms with Gasteiger partial charge in [-0.3, -0.25) is 10.1 Å². The smallest absolute Gasteiger partial charge is 0.324 e. The Kier molecular flexibility index (Phi) is 9.07. The zero-order chi connectivity index (χ0) is 34.3. The van der Waals surface area contributed by atoms with E-state index < -0.39 is 38.7 Å². The standard InChI is InChI=1S/C32H44N6O7S/c1-29(2,3)25-17-26(37-44-25)36-28(40)35-22-13-11-21(12-14-22)34-27(39)24-16-15-23(18-33-24)43-32(8)19-30(4,5)38(9,31(6,7)20-32)45-46(10,41)42/h11-18H,19-20H2,1-10H3,(H2-,33,34,35,36,37,39,40)/p+1. The van der Waals surface area contributed by atoms with Crippen molar-refractivity contribution in [2.45, 2.75) is 90.3 Å². The number of likely N-dealkylation sites (tertiary alicyclic amines) is 1. The summed E-state index contributed by atoms with van der Waals surface area (Å²) in [4.78, 5) is 29.6. The van der Waals surface area contributed by atoms with Gasteiger partial charge >= 0.3 is 16.1 Å². The van der Waals surface area contributed by atoms with E-state index in [9.17, 15) is 18.0 Å². The van der Waals surface area contributed by atoms with Crippen LogP contribution in [0.25, 0.3) is 0 Å². The second-order valence-electron chi connectivity index (χ2n) is 14.5. The first-order chi connectivity index (χ1) is 21.0. The number of carbonyl (C=O) groups excluding carboxylic acids is 2. The summed E-state index contributed by atoms with van der Waals surface area (Å²) in [7, 11) is -1.93. The van der Waals surface area contributed by atoms with Gasteiger partial charge in [-0.2, -0.15) is 13.1 Å². The normalized spacial score (nSPS) is 22.5. The van der Waals surface area contributed by atoms with Crippen molar-refractivity contribution in [1.82, 2.24) is 10.1 Å². The van der Waals surface area contributed by atoms with Crippen LogP contribution in [0.15, 0.2) is 53.2 Å². The zero-order valence-electron chi connectivity index (χ0n) is 28.1. The average molecular weight is 658 g/mol. The first-order valence-electron chi connectivity index (χ1n) is 14.9. The number of aromatic nitrogens is 2. The molecule has 0 spiro atoms. The highest BCUT2D eigenvalue weighted by molar-refractivity contribution is 7.85. The minimum Gasteiger partial charge on any atom is -0.485 e. The van der Waals surface area contributed by atoms with Crippen molar-refractivity contribution in [3.05, 3.63) is 60.1 Å². The highest BCUT2D eigenvalue weighted by Gasteiger charge is 2.64. The molecule has 0 unspecified atom stereocenters. The van der Waals surface area contributed by atoms with Crippen LogP contribution in [0.1, 0.15) is 84.5 Å². The van der Waals surface area contributed by atoms with Gasteiger partial charge < -0.3 is 19.9 Å². The number of amides is 3. The molecule has 1 saturated heterocycles. The molecule has 0 saturated carbocycles. The summed E-state index contributed by atoms with van der Waals surface area (Å²) in [5.41, 5.74) is -0.908. The number of anilines is 3. The lowest BCUT2D eigenvalue weighted by Gasteiger charge is -2.59. The lowest BCUT2D eigenvalue weighted by Crippen LogP contribution is -2.75. The maximum Gasteiger partial charge on any atom is 0.324 e. The second kappa shape index (κ2) is 12.0. The first kappa shape index (κ1) is 34.9.